The van der Waals surface area contributed by atoms with E-state index in [2.05, 4.69) is 20.7 Å². The van der Waals surface area contributed by atoms with Gasteiger partial charge in [0.2, 0.25) is 0 Å². The number of anilines is 1. The fraction of sp³-hybridized carbons (Fsp3) is 0.455. The number of ether oxygens (including phenoxy) is 1. The predicted octanol–water partition coefficient (Wildman–Crippen LogP) is 2.45. The van der Waals surface area contributed by atoms with Crippen LogP contribution in [0.1, 0.15) is 13.8 Å². The van der Waals surface area contributed by atoms with Crippen molar-refractivity contribution in [2.24, 2.45) is 0 Å². The monoisotopic (exact) mass is 336 g/mol. The van der Waals surface area contributed by atoms with Crippen LogP contribution in [-0.4, -0.2) is 32.9 Å². The molecular weight excluding hydrogens is 320 g/mol. The van der Waals surface area contributed by atoms with Gasteiger partial charge in [0.05, 0.1) is 12.8 Å². The van der Waals surface area contributed by atoms with Crippen LogP contribution in [0, 0.1) is 0 Å². The molecule has 0 bridgehead atoms. The van der Waals surface area contributed by atoms with Gasteiger partial charge in [0, 0.05) is 23.6 Å². The summed E-state index contributed by atoms with van der Waals surface area (Å²) in [6.07, 6.45) is 0. The minimum atomic E-state index is -3.56. The Morgan fingerprint density at radius 2 is 2.00 bits per heavy atom. The third-order valence-electron chi connectivity index (χ3n) is 2.52. The summed E-state index contributed by atoms with van der Waals surface area (Å²) in [7, 11) is -0.504. The van der Waals surface area contributed by atoms with E-state index in [1.54, 1.807) is 32.0 Å². The number of hydrogen-bond donors (Lipinski definition) is 1. The molecule has 0 saturated carbocycles. The summed E-state index contributed by atoms with van der Waals surface area (Å²) < 4.78 is 33.6. The van der Waals surface area contributed by atoms with Crippen molar-refractivity contribution in [1.82, 2.24) is 4.31 Å². The fourth-order valence-electron chi connectivity index (χ4n) is 1.20. The lowest BCUT2D eigenvalue weighted by molar-refractivity contribution is 0.413. The number of benzene rings is 1. The number of hydrogen-bond acceptors (Lipinski definition) is 3. The Labute approximate surface area is 116 Å². The number of halogens is 1. The zero-order valence-corrected chi connectivity index (χ0v) is 13.2. The maximum absolute atomic E-state index is 12.0. The first-order valence-electron chi connectivity index (χ1n) is 5.37. The lowest BCUT2D eigenvalue weighted by atomic mass is 10.3. The Hall–Kier alpha value is -0.790. The summed E-state index contributed by atoms with van der Waals surface area (Å²) in [5, 5.41) is 0. The molecule has 0 saturated heterocycles. The Bertz CT molecular complexity index is 517. The van der Waals surface area contributed by atoms with Gasteiger partial charge in [-0.15, -0.1) is 0 Å². The first-order chi connectivity index (χ1) is 8.27. The van der Waals surface area contributed by atoms with Crippen molar-refractivity contribution < 1.29 is 13.2 Å². The molecule has 0 spiro atoms. The highest BCUT2D eigenvalue weighted by molar-refractivity contribution is 9.10. The Kier molecular flexibility index (Phi) is 5.01. The SMILES string of the molecule is COc1ccc(Br)c(NS(=O)(=O)N(C)C(C)C)c1. The second kappa shape index (κ2) is 5.90. The van der Waals surface area contributed by atoms with Gasteiger partial charge < -0.3 is 4.74 Å². The molecule has 7 heteroatoms. The lowest BCUT2D eigenvalue weighted by Crippen LogP contribution is -2.37. The van der Waals surface area contributed by atoms with Crippen LogP contribution in [0.2, 0.25) is 0 Å². The topological polar surface area (TPSA) is 58.6 Å². The van der Waals surface area contributed by atoms with Crippen molar-refractivity contribution in [2.45, 2.75) is 19.9 Å². The van der Waals surface area contributed by atoms with E-state index in [4.69, 9.17) is 4.74 Å². The van der Waals surface area contributed by atoms with E-state index in [0.29, 0.717) is 15.9 Å². The molecule has 102 valence electrons. The van der Waals surface area contributed by atoms with E-state index < -0.39 is 10.2 Å². The van der Waals surface area contributed by atoms with Gasteiger partial charge in [-0.1, -0.05) is 0 Å². The highest BCUT2D eigenvalue weighted by Crippen LogP contribution is 2.28. The number of nitrogens with zero attached hydrogens (tertiary/aromatic N) is 1. The molecule has 1 N–H and O–H groups in total. The minimum Gasteiger partial charge on any atom is -0.497 e. The van der Waals surface area contributed by atoms with Crippen molar-refractivity contribution in [1.29, 1.82) is 0 Å². The zero-order valence-electron chi connectivity index (χ0n) is 10.8. The van der Waals surface area contributed by atoms with E-state index >= 15 is 0 Å². The van der Waals surface area contributed by atoms with E-state index in [0.717, 1.165) is 0 Å². The van der Waals surface area contributed by atoms with E-state index in [9.17, 15) is 8.42 Å². The molecule has 0 amide bonds. The largest absolute Gasteiger partial charge is 0.497 e. The first kappa shape index (κ1) is 15.3. The van der Waals surface area contributed by atoms with Crippen molar-refractivity contribution in [3.8, 4) is 5.75 Å². The fourth-order valence-corrected chi connectivity index (χ4v) is 2.82. The predicted molar refractivity (Wildman–Crippen MR) is 76.1 cm³/mol. The molecule has 18 heavy (non-hydrogen) atoms. The molecule has 5 nitrogen and oxygen atoms in total. The summed E-state index contributed by atoms with van der Waals surface area (Å²) in [5.41, 5.74) is 0.446. The lowest BCUT2D eigenvalue weighted by Gasteiger charge is -2.22. The Morgan fingerprint density at radius 1 is 1.39 bits per heavy atom. The van der Waals surface area contributed by atoms with Crippen LogP contribution in [0.3, 0.4) is 0 Å². The molecule has 0 fully saturated rings. The van der Waals surface area contributed by atoms with Gasteiger partial charge in [-0.25, -0.2) is 0 Å². The smallest absolute Gasteiger partial charge is 0.301 e. The zero-order chi connectivity index (χ0) is 13.9. The molecule has 0 radical (unpaired) electrons. The van der Waals surface area contributed by atoms with Gasteiger partial charge in [0.25, 0.3) is 0 Å². The molecule has 1 rings (SSSR count). The average molecular weight is 337 g/mol. The molecule has 0 aliphatic rings. The molecule has 0 atom stereocenters. The summed E-state index contributed by atoms with van der Waals surface area (Å²) in [6.45, 7) is 3.61. The molecule has 1 aromatic carbocycles. The summed E-state index contributed by atoms with van der Waals surface area (Å²) in [5.74, 6) is 0.586. The quantitative estimate of drug-likeness (QED) is 0.898. The second-order valence-corrected chi connectivity index (χ2v) is 6.65. The van der Waals surface area contributed by atoms with E-state index in [1.165, 1.54) is 18.5 Å². The minimum absolute atomic E-state index is 0.119. The Balaban J connectivity index is 3.04. The standard InChI is InChI=1S/C11H17BrN2O3S/c1-8(2)14(3)18(15,16)13-11-7-9(17-4)5-6-10(11)12/h5-8,13H,1-4H3. The van der Waals surface area contributed by atoms with Crippen molar-refractivity contribution in [3.05, 3.63) is 22.7 Å². The molecule has 0 aromatic heterocycles. The Morgan fingerprint density at radius 3 is 2.50 bits per heavy atom. The molecule has 0 aliphatic heterocycles. The van der Waals surface area contributed by atoms with E-state index in [-0.39, 0.29) is 6.04 Å². The van der Waals surface area contributed by atoms with Gasteiger partial charge in [0.1, 0.15) is 5.75 Å². The van der Waals surface area contributed by atoms with Crippen LogP contribution >= 0.6 is 15.9 Å². The molecular formula is C11H17BrN2O3S. The van der Waals surface area contributed by atoms with Crippen LogP contribution in [-0.2, 0) is 10.2 Å². The molecule has 0 heterocycles. The molecule has 0 unspecified atom stereocenters. The first-order valence-corrected chi connectivity index (χ1v) is 7.60. The summed E-state index contributed by atoms with van der Waals surface area (Å²) in [4.78, 5) is 0. The summed E-state index contributed by atoms with van der Waals surface area (Å²) in [6, 6.07) is 4.97. The molecule has 1 aromatic rings. The summed E-state index contributed by atoms with van der Waals surface area (Å²) >= 11 is 3.30. The van der Waals surface area contributed by atoms with Gasteiger partial charge in [-0.2, -0.15) is 12.7 Å². The van der Waals surface area contributed by atoms with E-state index in [1.807, 2.05) is 0 Å². The van der Waals surface area contributed by atoms with Crippen molar-refractivity contribution in [2.75, 3.05) is 18.9 Å². The normalized spacial score (nSPS) is 11.9. The van der Waals surface area contributed by atoms with Crippen LogP contribution in [0.4, 0.5) is 5.69 Å². The average Bonchev–Trinajstić information content (AvgIpc) is 2.30. The third kappa shape index (κ3) is 3.60. The third-order valence-corrected chi connectivity index (χ3v) is 4.87. The van der Waals surface area contributed by atoms with Gasteiger partial charge in [0.15, 0.2) is 0 Å². The number of rotatable bonds is 5. The van der Waals surface area contributed by atoms with Crippen LogP contribution in [0.15, 0.2) is 22.7 Å². The maximum Gasteiger partial charge on any atom is 0.301 e. The van der Waals surface area contributed by atoms with Crippen LogP contribution in [0.5, 0.6) is 5.75 Å². The second-order valence-electron chi connectivity index (χ2n) is 4.06. The number of nitrogens with one attached hydrogen (secondary N) is 1. The highest BCUT2D eigenvalue weighted by atomic mass is 79.9. The van der Waals surface area contributed by atoms with Crippen molar-refractivity contribution in [3.63, 3.8) is 0 Å². The van der Waals surface area contributed by atoms with Crippen LogP contribution < -0.4 is 9.46 Å². The molecule has 0 aliphatic carbocycles. The number of methoxy groups -OCH3 is 1. The highest BCUT2D eigenvalue weighted by Gasteiger charge is 2.21. The van der Waals surface area contributed by atoms with Gasteiger partial charge >= 0.3 is 10.2 Å². The van der Waals surface area contributed by atoms with Crippen molar-refractivity contribution >= 4 is 31.8 Å². The van der Waals surface area contributed by atoms with Gasteiger partial charge in [-0.05, 0) is 41.9 Å². The van der Waals surface area contributed by atoms with Crippen LogP contribution in [0.25, 0.3) is 0 Å². The van der Waals surface area contributed by atoms with Gasteiger partial charge in [-0.3, -0.25) is 4.72 Å². The maximum atomic E-state index is 12.0.